The van der Waals surface area contributed by atoms with Crippen molar-refractivity contribution in [1.29, 1.82) is 0 Å². The molecule has 0 aliphatic heterocycles. The number of hydrogen-bond acceptors (Lipinski definition) is 10. The first-order valence-corrected chi connectivity index (χ1v) is 7.98. The molecule has 0 aliphatic carbocycles. The van der Waals surface area contributed by atoms with Crippen LogP contribution in [0.2, 0.25) is 0 Å². The van der Waals surface area contributed by atoms with E-state index in [2.05, 4.69) is 4.89 Å². The molecule has 0 unspecified atom stereocenters. The molecule has 25 heavy (non-hydrogen) atoms. The lowest BCUT2D eigenvalue weighted by atomic mass is 10.5. The predicted octanol–water partition coefficient (Wildman–Crippen LogP) is 0.285. The number of aliphatic hydroxyl groups excluding tert-OH is 2. The van der Waals surface area contributed by atoms with E-state index in [1.807, 2.05) is 0 Å². The van der Waals surface area contributed by atoms with Gasteiger partial charge in [0, 0.05) is 0 Å². The Morgan fingerprint density at radius 2 is 1.20 bits per heavy atom. The van der Waals surface area contributed by atoms with E-state index in [4.69, 9.17) is 39.2 Å². The summed E-state index contributed by atoms with van der Waals surface area (Å²) in [5.41, 5.74) is 0. The summed E-state index contributed by atoms with van der Waals surface area (Å²) in [4.78, 5) is 14.6. The summed E-state index contributed by atoms with van der Waals surface area (Å²) >= 11 is 0. The summed E-state index contributed by atoms with van der Waals surface area (Å²) in [5.74, 6) is -1.40. The first-order chi connectivity index (χ1) is 12.1. The summed E-state index contributed by atoms with van der Waals surface area (Å²) < 4.78 is 24.8. The highest BCUT2D eigenvalue weighted by Gasteiger charge is 2.22. The number of carbonyl (C=O) groups excluding carboxylic acids is 1. The van der Waals surface area contributed by atoms with Crippen molar-refractivity contribution < 1.29 is 48.8 Å². The van der Waals surface area contributed by atoms with E-state index in [1.165, 1.54) is 0 Å². The van der Waals surface area contributed by atoms with Crippen LogP contribution >= 0.6 is 0 Å². The van der Waals surface area contributed by atoms with E-state index in [9.17, 15) is 4.79 Å². The van der Waals surface area contributed by atoms with Crippen molar-refractivity contribution in [2.75, 3.05) is 59.5 Å². The lowest BCUT2D eigenvalue weighted by Crippen LogP contribution is -2.15. The highest BCUT2D eigenvalue weighted by molar-refractivity contribution is 5.85. The monoisotopic (exact) mass is 370 g/mol. The van der Waals surface area contributed by atoms with Crippen LogP contribution in [0.4, 0.5) is 0 Å². The normalized spacial score (nSPS) is 9.52. The second kappa shape index (κ2) is 20.5. The lowest BCUT2D eigenvalue weighted by Gasteiger charge is -2.12. The SMILES string of the molecule is CCOC(OCC)=C(OCC)C(=O)OO.OCCOCCOCCO. The Morgan fingerprint density at radius 1 is 0.760 bits per heavy atom. The number of carbonyl (C=O) groups is 1. The van der Waals surface area contributed by atoms with Crippen molar-refractivity contribution >= 4 is 5.97 Å². The highest BCUT2D eigenvalue weighted by Crippen LogP contribution is 2.11. The van der Waals surface area contributed by atoms with Gasteiger partial charge in [-0.15, -0.1) is 0 Å². The van der Waals surface area contributed by atoms with Gasteiger partial charge in [0.05, 0.1) is 59.5 Å². The Kier molecular flexibility index (Phi) is 21.0. The fourth-order valence-electron chi connectivity index (χ4n) is 1.27. The van der Waals surface area contributed by atoms with Gasteiger partial charge in [0.1, 0.15) is 0 Å². The lowest BCUT2D eigenvalue weighted by molar-refractivity contribution is -0.233. The van der Waals surface area contributed by atoms with Gasteiger partial charge in [-0.3, -0.25) is 4.89 Å². The largest absolute Gasteiger partial charge is 0.482 e. The number of hydrogen-bond donors (Lipinski definition) is 3. The minimum Gasteiger partial charge on any atom is -0.482 e. The summed E-state index contributed by atoms with van der Waals surface area (Å²) in [6.07, 6.45) is 0. The van der Waals surface area contributed by atoms with E-state index in [0.29, 0.717) is 39.6 Å². The highest BCUT2D eigenvalue weighted by atomic mass is 17.1. The minimum atomic E-state index is -1.05. The number of aliphatic hydroxyl groups is 2. The van der Waals surface area contributed by atoms with Gasteiger partial charge in [-0.2, -0.15) is 5.26 Å². The quantitative estimate of drug-likeness (QED) is 0.129. The van der Waals surface area contributed by atoms with Gasteiger partial charge in [0.2, 0.25) is 0 Å². The molecule has 0 saturated heterocycles. The summed E-state index contributed by atoms with van der Waals surface area (Å²) in [5, 5.41) is 24.8. The maximum atomic E-state index is 11.1. The van der Waals surface area contributed by atoms with E-state index in [1.54, 1.807) is 20.8 Å². The Hall–Kier alpha value is -1.59. The molecular weight excluding hydrogens is 340 g/mol. The Morgan fingerprint density at radius 3 is 1.52 bits per heavy atom. The zero-order chi connectivity index (χ0) is 19.3. The third-order valence-corrected chi connectivity index (χ3v) is 2.14. The number of rotatable bonds is 14. The Labute approximate surface area is 147 Å². The molecule has 0 radical (unpaired) electrons. The van der Waals surface area contributed by atoms with Crippen LogP contribution in [-0.2, 0) is 33.4 Å². The van der Waals surface area contributed by atoms with Crippen LogP contribution in [0.15, 0.2) is 11.7 Å². The predicted molar refractivity (Wildman–Crippen MR) is 86.4 cm³/mol. The van der Waals surface area contributed by atoms with Gasteiger partial charge in [0.15, 0.2) is 0 Å². The maximum Gasteiger partial charge on any atom is 0.414 e. The topological polar surface area (TPSA) is 133 Å². The molecule has 0 aliphatic rings. The van der Waals surface area contributed by atoms with E-state index >= 15 is 0 Å². The van der Waals surface area contributed by atoms with Gasteiger partial charge in [-0.25, -0.2) is 4.79 Å². The van der Waals surface area contributed by atoms with Crippen molar-refractivity contribution in [2.24, 2.45) is 0 Å². The molecule has 150 valence electrons. The summed E-state index contributed by atoms with van der Waals surface area (Å²) in [6.45, 7) is 7.72. The third-order valence-electron chi connectivity index (χ3n) is 2.14. The van der Waals surface area contributed by atoms with Crippen molar-refractivity contribution in [3.8, 4) is 0 Å². The van der Waals surface area contributed by atoms with Crippen LogP contribution in [0.5, 0.6) is 0 Å². The minimum absolute atomic E-state index is 0.0417. The molecule has 0 fully saturated rings. The molecule has 0 amide bonds. The molecule has 10 nitrogen and oxygen atoms in total. The van der Waals surface area contributed by atoms with Gasteiger partial charge in [0.25, 0.3) is 5.76 Å². The van der Waals surface area contributed by atoms with Crippen LogP contribution < -0.4 is 0 Å². The first kappa shape index (κ1) is 25.6. The van der Waals surface area contributed by atoms with Crippen molar-refractivity contribution in [2.45, 2.75) is 20.8 Å². The molecule has 10 heteroatoms. The van der Waals surface area contributed by atoms with Gasteiger partial charge < -0.3 is 33.9 Å². The van der Waals surface area contributed by atoms with E-state index < -0.39 is 5.97 Å². The zero-order valence-corrected chi connectivity index (χ0v) is 15.1. The fraction of sp³-hybridized carbons (Fsp3) is 0.800. The van der Waals surface area contributed by atoms with Crippen LogP contribution in [0.25, 0.3) is 0 Å². The van der Waals surface area contributed by atoms with E-state index in [0.717, 1.165) is 0 Å². The average Bonchev–Trinajstić information content (AvgIpc) is 2.62. The molecule has 3 N–H and O–H groups in total. The van der Waals surface area contributed by atoms with Crippen LogP contribution in [-0.4, -0.2) is 80.9 Å². The molecule has 0 heterocycles. The van der Waals surface area contributed by atoms with Gasteiger partial charge >= 0.3 is 11.9 Å². The Bertz CT molecular complexity index is 316. The molecule has 0 aromatic rings. The molecule has 0 saturated carbocycles. The molecule has 0 atom stereocenters. The van der Waals surface area contributed by atoms with Crippen LogP contribution in [0, 0.1) is 0 Å². The summed E-state index contributed by atoms with van der Waals surface area (Å²) in [6, 6.07) is 0. The molecule has 0 spiro atoms. The Balaban J connectivity index is 0. The third kappa shape index (κ3) is 15.7. The van der Waals surface area contributed by atoms with Crippen molar-refractivity contribution in [3.05, 3.63) is 11.7 Å². The second-order valence-corrected chi connectivity index (χ2v) is 3.97. The van der Waals surface area contributed by atoms with Crippen molar-refractivity contribution in [3.63, 3.8) is 0 Å². The molecule has 0 bridgehead atoms. The smallest absolute Gasteiger partial charge is 0.414 e. The second-order valence-electron chi connectivity index (χ2n) is 3.97. The molecular formula is C15H30O10. The standard InChI is InChI=1S/C9H16O6.C6H14O4/c1-4-12-7(8(10)15-11)9(13-5-2)14-6-3;7-1-3-9-5-6-10-4-2-8/h11H,4-6H2,1-3H3;7-8H,1-6H2. The first-order valence-electron chi connectivity index (χ1n) is 7.98. The molecule has 0 aromatic carbocycles. The van der Waals surface area contributed by atoms with Crippen LogP contribution in [0.3, 0.4) is 0 Å². The van der Waals surface area contributed by atoms with Crippen molar-refractivity contribution in [1.82, 2.24) is 0 Å². The van der Waals surface area contributed by atoms with Crippen LogP contribution in [0.1, 0.15) is 20.8 Å². The molecule has 0 aromatic heterocycles. The fourth-order valence-corrected chi connectivity index (χ4v) is 1.27. The van der Waals surface area contributed by atoms with Gasteiger partial charge in [-0.1, -0.05) is 0 Å². The van der Waals surface area contributed by atoms with E-state index in [-0.39, 0.29) is 31.5 Å². The summed E-state index contributed by atoms with van der Waals surface area (Å²) in [7, 11) is 0. The average molecular weight is 370 g/mol. The number of ether oxygens (including phenoxy) is 5. The molecule has 0 rings (SSSR count). The zero-order valence-electron chi connectivity index (χ0n) is 15.1. The maximum absolute atomic E-state index is 11.1. The van der Waals surface area contributed by atoms with Gasteiger partial charge in [-0.05, 0) is 20.8 Å².